The van der Waals surface area contributed by atoms with Crippen LogP contribution in [0.15, 0.2) is 186 Å². The van der Waals surface area contributed by atoms with Crippen LogP contribution in [-0.4, -0.2) is 4.98 Å². The van der Waals surface area contributed by atoms with Crippen LogP contribution >= 0.6 is 0 Å². The molecule has 0 N–H and O–H groups in total. The standard InChI is InChI=1S/C45H30N2O/c1-5-13-31(14-6-1)34-23-27-39-41(29-34)42-30-35(32-15-7-2-8-16-32)24-28-40(42)44-43(39)46-45(48-44)33-21-25-38(26-22-33)47(36-17-9-3-10-18-36)37-19-11-4-12-20-37/h1-30H. The predicted molar refractivity (Wildman–Crippen MR) is 200 cm³/mol. The SMILES string of the molecule is c1ccc(-c2ccc3c(c2)c2cc(-c4ccccc4)ccc2c2oc(-c4ccc(N(c5ccccc5)c5ccccc5)cc4)nc32)cc1. The topological polar surface area (TPSA) is 29.3 Å². The molecular formula is C45H30N2O. The molecule has 0 aliphatic heterocycles. The van der Waals surface area contributed by atoms with Gasteiger partial charge in [0.1, 0.15) is 5.52 Å². The molecule has 9 rings (SSSR count). The van der Waals surface area contributed by atoms with E-state index in [2.05, 4.69) is 175 Å². The van der Waals surface area contributed by atoms with Crippen LogP contribution in [-0.2, 0) is 0 Å². The van der Waals surface area contributed by atoms with Gasteiger partial charge in [-0.15, -0.1) is 0 Å². The van der Waals surface area contributed by atoms with E-state index in [9.17, 15) is 0 Å². The van der Waals surface area contributed by atoms with Crippen LogP contribution in [0.3, 0.4) is 0 Å². The molecule has 0 spiro atoms. The zero-order chi connectivity index (χ0) is 31.9. The molecule has 0 saturated heterocycles. The summed E-state index contributed by atoms with van der Waals surface area (Å²) >= 11 is 0. The Morgan fingerprint density at radius 3 is 1.33 bits per heavy atom. The lowest BCUT2D eigenvalue weighted by Crippen LogP contribution is -2.09. The Kier molecular flexibility index (Phi) is 6.80. The summed E-state index contributed by atoms with van der Waals surface area (Å²) in [6.45, 7) is 0. The van der Waals surface area contributed by atoms with Crippen molar-refractivity contribution < 1.29 is 4.42 Å². The van der Waals surface area contributed by atoms with Gasteiger partial charge in [-0.2, -0.15) is 0 Å². The number of anilines is 3. The van der Waals surface area contributed by atoms with Gasteiger partial charge in [-0.3, -0.25) is 0 Å². The second kappa shape index (κ2) is 11.7. The molecule has 1 heterocycles. The van der Waals surface area contributed by atoms with Gasteiger partial charge in [0, 0.05) is 33.4 Å². The lowest BCUT2D eigenvalue weighted by atomic mass is 9.94. The van der Waals surface area contributed by atoms with E-state index in [0.717, 1.165) is 55.3 Å². The van der Waals surface area contributed by atoms with E-state index in [1.807, 2.05) is 12.1 Å². The second-order valence-electron chi connectivity index (χ2n) is 12.0. The molecule has 0 unspecified atom stereocenters. The van der Waals surface area contributed by atoms with Crippen molar-refractivity contribution >= 4 is 49.7 Å². The number of oxazole rings is 1. The van der Waals surface area contributed by atoms with Crippen LogP contribution in [0.5, 0.6) is 0 Å². The first-order valence-corrected chi connectivity index (χ1v) is 16.2. The molecule has 226 valence electrons. The minimum atomic E-state index is 0.607. The molecule has 0 bridgehead atoms. The van der Waals surface area contributed by atoms with Crippen LogP contribution in [0.4, 0.5) is 17.1 Å². The van der Waals surface area contributed by atoms with E-state index in [4.69, 9.17) is 9.40 Å². The molecule has 0 radical (unpaired) electrons. The Morgan fingerprint density at radius 2 is 0.792 bits per heavy atom. The number of benzene rings is 8. The van der Waals surface area contributed by atoms with E-state index in [1.165, 1.54) is 22.3 Å². The van der Waals surface area contributed by atoms with Crippen molar-refractivity contribution in [1.29, 1.82) is 0 Å². The molecule has 0 atom stereocenters. The lowest BCUT2D eigenvalue weighted by molar-refractivity contribution is 0.623. The highest BCUT2D eigenvalue weighted by molar-refractivity contribution is 6.24. The maximum Gasteiger partial charge on any atom is 0.227 e. The van der Waals surface area contributed by atoms with E-state index >= 15 is 0 Å². The third-order valence-corrected chi connectivity index (χ3v) is 9.07. The van der Waals surface area contributed by atoms with Gasteiger partial charge in [-0.1, -0.05) is 115 Å². The third kappa shape index (κ3) is 4.90. The van der Waals surface area contributed by atoms with Crippen molar-refractivity contribution in [3.05, 3.63) is 182 Å². The van der Waals surface area contributed by atoms with Crippen LogP contribution < -0.4 is 4.90 Å². The fourth-order valence-corrected chi connectivity index (χ4v) is 6.72. The van der Waals surface area contributed by atoms with Gasteiger partial charge in [0.15, 0.2) is 5.58 Å². The van der Waals surface area contributed by atoms with E-state index in [0.29, 0.717) is 5.89 Å². The third-order valence-electron chi connectivity index (χ3n) is 9.07. The molecule has 0 fully saturated rings. The Bertz CT molecular complexity index is 2370. The van der Waals surface area contributed by atoms with Gasteiger partial charge in [0.05, 0.1) is 0 Å². The maximum atomic E-state index is 6.68. The van der Waals surface area contributed by atoms with Crippen LogP contribution in [0.1, 0.15) is 0 Å². The summed E-state index contributed by atoms with van der Waals surface area (Å²) in [5.74, 6) is 0.607. The molecule has 8 aromatic carbocycles. The Hall–Kier alpha value is -6.45. The largest absolute Gasteiger partial charge is 0.435 e. The number of hydrogen-bond acceptors (Lipinski definition) is 3. The summed E-state index contributed by atoms with van der Waals surface area (Å²) in [5.41, 5.74) is 10.6. The summed E-state index contributed by atoms with van der Waals surface area (Å²) in [6, 6.07) is 63.8. The van der Waals surface area contributed by atoms with Gasteiger partial charge >= 0.3 is 0 Å². The number of nitrogens with zero attached hydrogens (tertiary/aromatic N) is 2. The second-order valence-corrected chi connectivity index (χ2v) is 12.0. The van der Waals surface area contributed by atoms with Crippen molar-refractivity contribution in [1.82, 2.24) is 4.98 Å². The van der Waals surface area contributed by atoms with E-state index in [-0.39, 0.29) is 0 Å². The summed E-state index contributed by atoms with van der Waals surface area (Å²) in [7, 11) is 0. The quantitative estimate of drug-likeness (QED) is 0.175. The molecular weight excluding hydrogens is 585 g/mol. The fraction of sp³-hybridized carbons (Fsp3) is 0. The van der Waals surface area contributed by atoms with Crippen molar-refractivity contribution in [2.45, 2.75) is 0 Å². The summed E-state index contributed by atoms with van der Waals surface area (Å²) in [6.07, 6.45) is 0. The molecule has 3 heteroatoms. The maximum absolute atomic E-state index is 6.68. The number of aromatic nitrogens is 1. The zero-order valence-electron chi connectivity index (χ0n) is 26.1. The molecule has 0 aliphatic carbocycles. The van der Waals surface area contributed by atoms with Crippen LogP contribution in [0.25, 0.3) is 66.4 Å². The number of rotatable bonds is 6. The molecule has 9 aromatic rings. The van der Waals surface area contributed by atoms with Crippen molar-refractivity contribution in [2.75, 3.05) is 4.90 Å². The summed E-state index contributed by atoms with van der Waals surface area (Å²) in [5, 5.41) is 4.44. The Morgan fingerprint density at radius 1 is 0.354 bits per heavy atom. The first-order chi connectivity index (χ1) is 23.8. The van der Waals surface area contributed by atoms with Gasteiger partial charge < -0.3 is 9.32 Å². The number of hydrogen-bond donors (Lipinski definition) is 0. The molecule has 3 nitrogen and oxygen atoms in total. The van der Waals surface area contributed by atoms with Gasteiger partial charge in [-0.25, -0.2) is 4.98 Å². The monoisotopic (exact) mass is 614 g/mol. The van der Waals surface area contributed by atoms with Crippen LogP contribution in [0, 0.1) is 0 Å². The first kappa shape index (κ1) is 27.8. The number of fused-ring (bicyclic) bond motifs is 6. The molecule has 0 saturated carbocycles. The highest BCUT2D eigenvalue weighted by Crippen LogP contribution is 2.41. The Balaban J connectivity index is 1.20. The number of para-hydroxylation sites is 2. The highest BCUT2D eigenvalue weighted by atomic mass is 16.3. The average molecular weight is 615 g/mol. The first-order valence-electron chi connectivity index (χ1n) is 16.2. The van der Waals surface area contributed by atoms with E-state index < -0.39 is 0 Å². The normalized spacial score (nSPS) is 11.3. The molecule has 0 amide bonds. The van der Waals surface area contributed by atoms with E-state index in [1.54, 1.807) is 0 Å². The van der Waals surface area contributed by atoms with Gasteiger partial charge in [-0.05, 0) is 99.8 Å². The predicted octanol–water partition coefficient (Wildman–Crippen LogP) is 12.6. The molecule has 48 heavy (non-hydrogen) atoms. The molecule has 1 aromatic heterocycles. The smallest absolute Gasteiger partial charge is 0.227 e. The zero-order valence-corrected chi connectivity index (χ0v) is 26.1. The van der Waals surface area contributed by atoms with Gasteiger partial charge in [0.2, 0.25) is 5.89 Å². The minimum Gasteiger partial charge on any atom is -0.435 e. The summed E-state index contributed by atoms with van der Waals surface area (Å²) < 4.78 is 6.68. The van der Waals surface area contributed by atoms with Crippen LogP contribution in [0.2, 0.25) is 0 Å². The van der Waals surface area contributed by atoms with Crippen molar-refractivity contribution in [3.8, 4) is 33.7 Å². The Labute approximate surface area is 279 Å². The summed E-state index contributed by atoms with van der Waals surface area (Å²) in [4.78, 5) is 7.41. The van der Waals surface area contributed by atoms with Crippen molar-refractivity contribution in [3.63, 3.8) is 0 Å². The average Bonchev–Trinajstić information content (AvgIpc) is 3.63. The lowest BCUT2D eigenvalue weighted by Gasteiger charge is -2.25. The van der Waals surface area contributed by atoms with Gasteiger partial charge in [0.25, 0.3) is 0 Å². The minimum absolute atomic E-state index is 0.607. The fourth-order valence-electron chi connectivity index (χ4n) is 6.72. The highest BCUT2D eigenvalue weighted by Gasteiger charge is 2.19. The molecule has 0 aliphatic rings. The van der Waals surface area contributed by atoms with Crippen molar-refractivity contribution in [2.24, 2.45) is 0 Å².